The van der Waals surface area contributed by atoms with Crippen molar-refractivity contribution in [1.82, 2.24) is 10.3 Å². The Balaban J connectivity index is 1.67. The SMILES string of the molecule is Cc1ccc(NC(=O)CC2SC(=NN(C=Cc3ccc(Cl)cc3)C(C)(C)C)NC2=O)c(C)c1. The lowest BCUT2D eigenvalue weighted by molar-refractivity contribution is -0.122. The van der Waals surface area contributed by atoms with E-state index in [0.29, 0.717) is 10.2 Å². The second kappa shape index (κ2) is 10.4. The van der Waals surface area contributed by atoms with E-state index in [2.05, 4.69) is 15.7 Å². The van der Waals surface area contributed by atoms with Gasteiger partial charge in [0.2, 0.25) is 11.8 Å². The van der Waals surface area contributed by atoms with Crippen LogP contribution in [0.5, 0.6) is 0 Å². The van der Waals surface area contributed by atoms with Gasteiger partial charge in [-0.1, -0.05) is 53.2 Å². The maximum Gasteiger partial charge on any atom is 0.240 e. The number of anilines is 1. The fraction of sp³-hybridized carbons (Fsp3) is 0.320. The average molecular weight is 485 g/mol. The number of rotatable bonds is 6. The first kappa shape index (κ1) is 24.9. The van der Waals surface area contributed by atoms with E-state index >= 15 is 0 Å². The first-order valence-corrected chi connectivity index (χ1v) is 11.9. The summed E-state index contributed by atoms with van der Waals surface area (Å²) < 4.78 is 0. The number of hydrogen-bond donors (Lipinski definition) is 2. The molecular weight excluding hydrogens is 456 g/mol. The summed E-state index contributed by atoms with van der Waals surface area (Å²) in [5.41, 5.74) is 3.54. The predicted molar refractivity (Wildman–Crippen MR) is 138 cm³/mol. The van der Waals surface area contributed by atoms with Crippen LogP contribution in [0.3, 0.4) is 0 Å². The van der Waals surface area contributed by atoms with Crippen molar-refractivity contribution < 1.29 is 9.59 Å². The molecule has 1 unspecified atom stereocenters. The molecule has 3 rings (SSSR count). The molecule has 1 atom stereocenters. The molecule has 33 heavy (non-hydrogen) atoms. The van der Waals surface area contributed by atoms with E-state index in [1.165, 1.54) is 11.8 Å². The molecule has 0 aliphatic carbocycles. The van der Waals surface area contributed by atoms with Crippen LogP contribution >= 0.6 is 23.4 Å². The zero-order valence-corrected chi connectivity index (χ0v) is 21.1. The second-order valence-corrected chi connectivity index (χ2v) is 10.6. The molecular formula is C25H29ClN4O2S. The maximum atomic E-state index is 12.5. The van der Waals surface area contributed by atoms with Gasteiger partial charge < -0.3 is 10.6 Å². The molecule has 0 radical (unpaired) electrons. The molecule has 174 valence electrons. The van der Waals surface area contributed by atoms with Gasteiger partial charge in [0, 0.05) is 23.3 Å². The highest BCUT2D eigenvalue weighted by Gasteiger charge is 2.33. The number of benzene rings is 2. The second-order valence-electron chi connectivity index (χ2n) is 8.95. The van der Waals surface area contributed by atoms with Crippen molar-refractivity contribution in [2.24, 2.45) is 5.10 Å². The number of carbonyl (C=O) groups is 2. The van der Waals surface area contributed by atoms with Crippen molar-refractivity contribution in [1.29, 1.82) is 0 Å². The Morgan fingerprint density at radius 2 is 1.91 bits per heavy atom. The van der Waals surface area contributed by atoms with Gasteiger partial charge in [0.1, 0.15) is 5.25 Å². The molecule has 0 bridgehead atoms. The third-order valence-corrected chi connectivity index (χ3v) is 6.29. The number of aryl methyl sites for hydroxylation is 2. The van der Waals surface area contributed by atoms with Crippen molar-refractivity contribution in [3.8, 4) is 0 Å². The predicted octanol–water partition coefficient (Wildman–Crippen LogP) is 5.56. The summed E-state index contributed by atoms with van der Waals surface area (Å²) in [5.74, 6) is -0.420. The minimum Gasteiger partial charge on any atom is -0.326 e. The highest BCUT2D eigenvalue weighted by Crippen LogP contribution is 2.26. The standard InChI is InChI=1S/C25H29ClN4O2S/c1-16-6-11-20(17(2)14-16)27-22(31)15-21-23(32)28-24(33-21)29-30(25(3,4)5)13-12-18-7-9-19(26)10-8-18/h6-14,21H,15H2,1-5H3,(H,27,31)(H,28,29,32). The van der Waals surface area contributed by atoms with E-state index in [0.717, 1.165) is 22.4 Å². The molecule has 2 aromatic rings. The average Bonchev–Trinajstić information content (AvgIpc) is 3.06. The van der Waals surface area contributed by atoms with Gasteiger partial charge in [0.25, 0.3) is 0 Å². The van der Waals surface area contributed by atoms with E-state index in [1.54, 1.807) is 5.01 Å². The van der Waals surface area contributed by atoms with Crippen molar-refractivity contribution in [3.63, 3.8) is 0 Å². The van der Waals surface area contributed by atoms with Crippen LogP contribution in [0.1, 0.15) is 43.9 Å². The topological polar surface area (TPSA) is 73.8 Å². The smallest absolute Gasteiger partial charge is 0.240 e. The number of thioether (sulfide) groups is 1. The number of hydrazone groups is 1. The summed E-state index contributed by atoms with van der Waals surface area (Å²) in [6, 6.07) is 13.3. The van der Waals surface area contributed by atoms with Crippen molar-refractivity contribution in [3.05, 3.63) is 70.4 Å². The summed E-state index contributed by atoms with van der Waals surface area (Å²) in [5, 5.41) is 12.8. The van der Waals surface area contributed by atoms with Gasteiger partial charge in [-0.3, -0.25) is 14.6 Å². The molecule has 0 saturated carbocycles. The van der Waals surface area contributed by atoms with Crippen molar-refractivity contribution in [2.45, 2.75) is 51.8 Å². The van der Waals surface area contributed by atoms with E-state index in [4.69, 9.17) is 11.6 Å². The Morgan fingerprint density at radius 1 is 1.21 bits per heavy atom. The van der Waals surface area contributed by atoms with Crippen molar-refractivity contribution in [2.75, 3.05) is 5.32 Å². The normalized spacial score (nSPS) is 17.5. The highest BCUT2D eigenvalue weighted by atomic mass is 35.5. The molecule has 2 amide bonds. The molecule has 1 aliphatic heterocycles. The molecule has 6 nitrogen and oxygen atoms in total. The number of nitrogens with zero attached hydrogens (tertiary/aromatic N) is 2. The monoisotopic (exact) mass is 484 g/mol. The van der Waals surface area contributed by atoms with Crippen LogP contribution in [0.2, 0.25) is 5.02 Å². The number of halogens is 1. The van der Waals surface area contributed by atoms with E-state index in [1.807, 2.05) is 89.4 Å². The van der Waals surface area contributed by atoms with Gasteiger partial charge in [0.15, 0.2) is 5.17 Å². The molecule has 2 N–H and O–H groups in total. The summed E-state index contributed by atoms with van der Waals surface area (Å²) in [7, 11) is 0. The van der Waals surface area contributed by atoms with Crippen LogP contribution in [-0.2, 0) is 9.59 Å². The highest BCUT2D eigenvalue weighted by molar-refractivity contribution is 8.15. The van der Waals surface area contributed by atoms with Gasteiger partial charge in [-0.15, -0.1) is 5.10 Å². The van der Waals surface area contributed by atoms with Gasteiger partial charge in [-0.2, -0.15) is 0 Å². The minimum absolute atomic E-state index is 0.0684. The molecule has 0 aromatic heterocycles. The Hall–Kier alpha value is -2.77. The molecule has 2 aromatic carbocycles. The van der Waals surface area contributed by atoms with Crippen LogP contribution < -0.4 is 10.6 Å². The zero-order valence-electron chi connectivity index (χ0n) is 19.5. The first-order valence-electron chi connectivity index (χ1n) is 10.7. The lowest BCUT2D eigenvalue weighted by Gasteiger charge is -2.30. The Bertz CT molecular complexity index is 1090. The maximum absolute atomic E-state index is 12.5. The third-order valence-electron chi connectivity index (χ3n) is 4.97. The van der Waals surface area contributed by atoms with Crippen LogP contribution in [0, 0.1) is 13.8 Å². The Morgan fingerprint density at radius 3 is 2.55 bits per heavy atom. The van der Waals surface area contributed by atoms with Gasteiger partial charge in [-0.05, 0) is 70.0 Å². The molecule has 0 spiro atoms. The minimum atomic E-state index is -0.531. The molecule has 1 fully saturated rings. The Labute approximate surface area is 204 Å². The number of amidine groups is 1. The lowest BCUT2D eigenvalue weighted by atomic mass is 10.1. The fourth-order valence-corrected chi connectivity index (χ4v) is 4.24. The summed E-state index contributed by atoms with van der Waals surface area (Å²) in [4.78, 5) is 25.0. The van der Waals surface area contributed by atoms with Crippen molar-refractivity contribution >= 4 is 52.1 Å². The van der Waals surface area contributed by atoms with E-state index in [9.17, 15) is 9.59 Å². The van der Waals surface area contributed by atoms with Gasteiger partial charge >= 0.3 is 0 Å². The Kier molecular flexibility index (Phi) is 7.87. The van der Waals surface area contributed by atoms with E-state index < -0.39 is 5.25 Å². The largest absolute Gasteiger partial charge is 0.326 e. The quantitative estimate of drug-likeness (QED) is 0.526. The van der Waals surface area contributed by atoms with E-state index in [-0.39, 0.29) is 23.8 Å². The van der Waals surface area contributed by atoms with Crippen LogP contribution in [0.25, 0.3) is 6.08 Å². The number of nitrogens with one attached hydrogen (secondary N) is 2. The molecule has 1 aliphatic rings. The summed E-state index contributed by atoms with van der Waals surface area (Å²) in [6.45, 7) is 10.0. The fourth-order valence-electron chi connectivity index (χ4n) is 3.15. The zero-order chi connectivity index (χ0) is 24.2. The molecule has 1 saturated heterocycles. The third kappa shape index (κ3) is 7.11. The van der Waals surface area contributed by atoms with Crippen LogP contribution in [-0.4, -0.2) is 32.8 Å². The molecule has 1 heterocycles. The van der Waals surface area contributed by atoms with Crippen LogP contribution in [0.15, 0.2) is 53.8 Å². The van der Waals surface area contributed by atoms with Gasteiger partial charge in [0.05, 0.1) is 5.54 Å². The number of amides is 2. The lowest BCUT2D eigenvalue weighted by Crippen LogP contribution is -2.35. The summed E-state index contributed by atoms with van der Waals surface area (Å²) >= 11 is 7.22. The van der Waals surface area contributed by atoms with Crippen LogP contribution in [0.4, 0.5) is 5.69 Å². The number of carbonyl (C=O) groups excluding carboxylic acids is 2. The van der Waals surface area contributed by atoms with Gasteiger partial charge in [-0.25, -0.2) is 0 Å². The molecule has 8 heteroatoms. The summed E-state index contributed by atoms with van der Waals surface area (Å²) in [6.07, 6.45) is 3.87. The first-order chi connectivity index (χ1) is 15.5. The number of hydrogen-bond acceptors (Lipinski definition) is 5.